The van der Waals surface area contributed by atoms with Gasteiger partial charge in [0.1, 0.15) is 0 Å². The lowest BCUT2D eigenvalue weighted by atomic mass is 10.2. The minimum atomic E-state index is -0.163. The van der Waals surface area contributed by atoms with Crippen molar-refractivity contribution < 1.29 is 4.79 Å². The Morgan fingerprint density at radius 2 is 2.00 bits per heavy atom. The lowest BCUT2D eigenvalue weighted by Gasteiger charge is -2.11. The Morgan fingerprint density at radius 1 is 1.32 bits per heavy atom. The van der Waals surface area contributed by atoms with Gasteiger partial charge in [0.2, 0.25) is 5.95 Å². The summed E-state index contributed by atoms with van der Waals surface area (Å²) in [6.45, 7) is 5.92. The number of rotatable bonds is 5. The molecule has 0 aliphatic rings. The Kier molecular flexibility index (Phi) is 5.33. The van der Waals surface area contributed by atoms with E-state index in [-0.39, 0.29) is 11.9 Å². The number of aromatic nitrogens is 2. The molecule has 0 bridgehead atoms. The average molecular weight is 319 g/mol. The molecule has 22 heavy (non-hydrogen) atoms. The highest BCUT2D eigenvalue weighted by Crippen LogP contribution is 2.21. The van der Waals surface area contributed by atoms with Crippen LogP contribution in [0.3, 0.4) is 0 Å². The number of nitrogens with zero attached hydrogens (tertiary/aromatic N) is 2. The number of anilines is 2. The van der Waals surface area contributed by atoms with E-state index in [0.717, 1.165) is 17.7 Å². The van der Waals surface area contributed by atoms with Crippen molar-refractivity contribution >= 4 is 29.1 Å². The standard InChI is InChI=1S/C16H19ClN4O/c1-4-11(3)20-15(22)12-8-18-16(19-9-12)21-14-6-5-13(17)7-10(14)2/h5-9,11H,4H2,1-3H3,(H,20,22)(H,18,19,21). The molecule has 2 N–H and O–H groups in total. The number of halogens is 1. The van der Waals surface area contributed by atoms with E-state index >= 15 is 0 Å². The zero-order valence-electron chi connectivity index (χ0n) is 12.9. The van der Waals surface area contributed by atoms with Crippen molar-refractivity contribution in [2.24, 2.45) is 0 Å². The fraction of sp³-hybridized carbons (Fsp3) is 0.312. The second kappa shape index (κ2) is 7.22. The second-order valence-corrected chi connectivity index (χ2v) is 5.60. The molecular formula is C16H19ClN4O. The number of benzene rings is 1. The second-order valence-electron chi connectivity index (χ2n) is 5.16. The third-order valence-corrected chi connectivity index (χ3v) is 3.57. The van der Waals surface area contributed by atoms with Gasteiger partial charge in [-0.25, -0.2) is 9.97 Å². The summed E-state index contributed by atoms with van der Waals surface area (Å²) in [7, 11) is 0. The lowest BCUT2D eigenvalue weighted by Crippen LogP contribution is -2.32. The van der Waals surface area contributed by atoms with E-state index in [1.165, 1.54) is 12.4 Å². The monoisotopic (exact) mass is 318 g/mol. The van der Waals surface area contributed by atoms with Crippen LogP contribution in [-0.4, -0.2) is 21.9 Å². The van der Waals surface area contributed by atoms with Crippen molar-refractivity contribution in [3.8, 4) is 0 Å². The summed E-state index contributed by atoms with van der Waals surface area (Å²) < 4.78 is 0. The van der Waals surface area contributed by atoms with Gasteiger partial charge in [0.25, 0.3) is 5.91 Å². The molecule has 0 spiro atoms. The number of carbonyl (C=O) groups excluding carboxylic acids is 1. The predicted molar refractivity (Wildman–Crippen MR) is 88.7 cm³/mol. The summed E-state index contributed by atoms with van der Waals surface area (Å²) in [4.78, 5) is 20.3. The van der Waals surface area contributed by atoms with E-state index in [1.807, 2.05) is 32.9 Å². The van der Waals surface area contributed by atoms with Gasteiger partial charge in [-0.15, -0.1) is 0 Å². The molecule has 1 unspecified atom stereocenters. The van der Waals surface area contributed by atoms with Crippen LogP contribution in [0.5, 0.6) is 0 Å². The van der Waals surface area contributed by atoms with Crippen LogP contribution in [0.4, 0.5) is 11.6 Å². The van der Waals surface area contributed by atoms with Gasteiger partial charge in [0.05, 0.1) is 5.56 Å². The molecule has 1 aromatic heterocycles. The summed E-state index contributed by atoms with van der Waals surface area (Å²) in [6.07, 6.45) is 3.90. The van der Waals surface area contributed by atoms with E-state index in [0.29, 0.717) is 16.5 Å². The number of nitrogens with one attached hydrogen (secondary N) is 2. The van der Waals surface area contributed by atoms with Crippen molar-refractivity contribution in [3.63, 3.8) is 0 Å². The van der Waals surface area contributed by atoms with Gasteiger partial charge in [0.15, 0.2) is 0 Å². The largest absolute Gasteiger partial charge is 0.350 e. The van der Waals surface area contributed by atoms with Gasteiger partial charge in [-0.05, 0) is 44.0 Å². The zero-order valence-corrected chi connectivity index (χ0v) is 13.6. The summed E-state index contributed by atoms with van der Waals surface area (Å²) in [5.41, 5.74) is 2.31. The maximum absolute atomic E-state index is 11.9. The smallest absolute Gasteiger partial charge is 0.254 e. The van der Waals surface area contributed by atoms with Crippen molar-refractivity contribution in [2.45, 2.75) is 33.2 Å². The quantitative estimate of drug-likeness (QED) is 0.882. The fourth-order valence-electron chi connectivity index (χ4n) is 1.81. The first-order valence-electron chi connectivity index (χ1n) is 7.15. The van der Waals surface area contributed by atoms with Crippen LogP contribution in [0.2, 0.25) is 5.02 Å². The molecule has 0 aliphatic heterocycles. The first kappa shape index (κ1) is 16.2. The van der Waals surface area contributed by atoms with Crippen LogP contribution >= 0.6 is 11.6 Å². The summed E-state index contributed by atoms with van der Waals surface area (Å²) >= 11 is 5.93. The molecule has 1 heterocycles. The van der Waals surface area contributed by atoms with Crippen LogP contribution in [0.25, 0.3) is 0 Å². The number of hydrogen-bond donors (Lipinski definition) is 2. The van der Waals surface area contributed by atoms with Crippen LogP contribution in [0, 0.1) is 6.92 Å². The van der Waals surface area contributed by atoms with Gasteiger partial charge >= 0.3 is 0 Å². The average Bonchev–Trinajstić information content (AvgIpc) is 2.50. The SMILES string of the molecule is CCC(C)NC(=O)c1cnc(Nc2ccc(Cl)cc2C)nc1. The number of hydrogen-bond acceptors (Lipinski definition) is 4. The Bertz CT molecular complexity index is 658. The third-order valence-electron chi connectivity index (χ3n) is 3.34. The molecule has 0 aliphatic carbocycles. The summed E-state index contributed by atoms with van der Waals surface area (Å²) in [5, 5.41) is 6.66. The van der Waals surface area contributed by atoms with E-state index < -0.39 is 0 Å². The van der Waals surface area contributed by atoms with Crippen LogP contribution in [0.15, 0.2) is 30.6 Å². The van der Waals surface area contributed by atoms with E-state index in [1.54, 1.807) is 6.07 Å². The molecule has 1 atom stereocenters. The first-order valence-corrected chi connectivity index (χ1v) is 7.53. The summed E-state index contributed by atoms with van der Waals surface area (Å²) in [6, 6.07) is 5.65. The molecule has 1 aromatic carbocycles. The maximum Gasteiger partial charge on any atom is 0.254 e. The molecule has 116 valence electrons. The molecular weight excluding hydrogens is 300 g/mol. The van der Waals surface area contributed by atoms with E-state index in [4.69, 9.17) is 11.6 Å². The molecule has 0 saturated heterocycles. The van der Waals surface area contributed by atoms with Crippen LogP contribution < -0.4 is 10.6 Å². The molecule has 2 rings (SSSR count). The molecule has 5 nitrogen and oxygen atoms in total. The fourth-order valence-corrected chi connectivity index (χ4v) is 2.03. The molecule has 6 heteroatoms. The number of amides is 1. The number of aryl methyl sites for hydroxylation is 1. The Balaban J connectivity index is 2.07. The highest BCUT2D eigenvalue weighted by molar-refractivity contribution is 6.30. The van der Waals surface area contributed by atoms with E-state index in [9.17, 15) is 4.79 Å². The molecule has 0 saturated carbocycles. The normalized spacial score (nSPS) is 11.8. The molecule has 2 aromatic rings. The van der Waals surface area contributed by atoms with Crippen LogP contribution in [0.1, 0.15) is 36.2 Å². The van der Waals surface area contributed by atoms with Gasteiger partial charge < -0.3 is 10.6 Å². The van der Waals surface area contributed by atoms with Crippen molar-refractivity contribution in [1.29, 1.82) is 0 Å². The minimum Gasteiger partial charge on any atom is -0.350 e. The minimum absolute atomic E-state index is 0.127. The Hall–Kier alpha value is -2.14. The van der Waals surface area contributed by atoms with Crippen molar-refractivity contribution in [1.82, 2.24) is 15.3 Å². The predicted octanol–water partition coefficient (Wildman–Crippen LogP) is 3.71. The van der Waals surface area contributed by atoms with Gasteiger partial charge in [-0.1, -0.05) is 18.5 Å². The van der Waals surface area contributed by atoms with Gasteiger partial charge in [-0.2, -0.15) is 0 Å². The molecule has 0 fully saturated rings. The highest BCUT2D eigenvalue weighted by Gasteiger charge is 2.10. The zero-order chi connectivity index (χ0) is 16.1. The number of carbonyl (C=O) groups is 1. The van der Waals surface area contributed by atoms with Crippen molar-refractivity contribution in [3.05, 3.63) is 46.7 Å². The van der Waals surface area contributed by atoms with Gasteiger partial charge in [-0.3, -0.25) is 4.79 Å². The first-order chi connectivity index (χ1) is 10.5. The topological polar surface area (TPSA) is 66.9 Å². The Morgan fingerprint density at radius 3 is 2.59 bits per heavy atom. The lowest BCUT2D eigenvalue weighted by molar-refractivity contribution is 0.0938. The Labute approximate surface area is 135 Å². The maximum atomic E-state index is 11.9. The summed E-state index contributed by atoms with van der Waals surface area (Å²) in [5.74, 6) is 0.272. The van der Waals surface area contributed by atoms with Gasteiger partial charge in [0, 0.05) is 29.1 Å². The molecule has 0 radical (unpaired) electrons. The molecule has 1 amide bonds. The van der Waals surface area contributed by atoms with Crippen molar-refractivity contribution in [2.75, 3.05) is 5.32 Å². The highest BCUT2D eigenvalue weighted by atomic mass is 35.5. The third kappa shape index (κ3) is 4.18. The van der Waals surface area contributed by atoms with Crippen LogP contribution in [-0.2, 0) is 0 Å². The van der Waals surface area contributed by atoms with E-state index in [2.05, 4.69) is 20.6 Å².